The summed E-state index contributed by atoms with van der Waals surface area (Å²) in [5, 5.41) is 14.5. The molecule has 3 aliphatic rings. The fourth-order valence-electron chi connectivity index (χ4n) is 6.36. The zero-order valence-corrected chi connectivity index (χ0v) is 32.3. The lowest BCUT2D eigenvalue weighted by Gasteiger charge is -2.33. The number of carbonyl (C=O) groups is 2. The van der Waals surface area contributed by atoms with E-state index in [1.165, 1.54) is 30.5 Å². The van der Waals surface area contributed by atoms with E-state index in [0.717, 1.165) is 5.57 Å². The van der Waals surface area contributed by atoms with Crippen molar-refractivity contribution in [3.8, 4) is 5.75 Å². The van der Waals surface area contributed by atoms with Gasteiger partial charge in [0, 0.05) is 32.7 Å². The Morgan fingerprint density at radius 3 is 2.52 bits per heavy atom. The average molecular weight is 776 g/mol. The second kappa shape index (κ2) is 19.1. The molecule has 294 valence electrons. The van der Waals surface area contributed by atoms with Gasteiger partial charge in [0.05, 0.1) is 56.1 Å². The molecule has 0 radical (unpaired) electrons. The second-order valence-electron chi connectivity index (χ2n) is 13.7. The van der Waals surface area contributed by atoms with Crippen molar-refractivity contribution in [1.29, 1.82) is 0 Å². The Morgan fingerprint density at radius 2 is 1.88 bits per heavy atom. The van der Waals surface area contributed by atoms with Crippen LogP contribution in [0.4, 0.5) is 4.79 Å². The minimum absolute atomic E-state index is 0.0443. The Labute approximate surface area is 306 Å². The van der Waals surface area contributed by atoms with Crippen molar-refractivity contribution in [1.82, 2.24) is 14.5 Å². The SMILES string of the molecule is CCOC(=O)[C@H](C)OP(=O)(O)CCN1CC=C(C[C@H](NC(=O)O[C@H]2CO[C@H]3OCC[C@H]32)[C@H](O)CN(CC(C)C)S(=O)(=O)c2ccc(OC)cc2)CC1. The standard InChI is InChI=1S/C34H54N3O13PS/c1-6-46-32(39)24(4)50-51(41,42)18-16-36-14-11-25(12-15-36)19-29(35-34(40)49-31-22-48-33-28(31)13-17-47-33)30(38)21-37(20-23(2)3)52(43,44)27-9-7-26(45-5)8-10-27/h7-11,23-24,28-31,33,38H,6,12-22H2,1-5H3,(H,35,40)(H,41,42)/t24-,28-,29-,30+,31-,33+/m0/s1. The van der Waals surface area contributed by atoms with Gasteiger partial charge in [-0.05, 0) is 63.3 Å². The van der Waals surface area contributed by atoms with Crippen molar-refractivity contribution in [3.05, 3.63) is 35.9 Å². The van der Waals surface area contributed by atoms with E-state index in [0.29, 0.717) is 38.3 Å². The lowest BCUT2D eigenvalue weighted by Crippen LogP contribution is -2.51. The maximum absolute atomic E-state index is 13.8. The monoisotopic (exact) mass is 775 g/mol. The molecule has 16 nitrogen and oxygen atoms in total. The zero-order valence-electron chi connectivity index (χ0n) is 30.5. The molecule has 1 amide bonds. The molecule has 52 heavy (non-hydrogen) atoms. The van der Waals surface area contributed by atoms with Gasteiger partial charge in [-0.15, -0.1) is 0 Å². The van der Waals surface area contributed by atoms with Crippen LogP contribution in [0, 0.1) is 11.8 Å². The van der Waals surface area contributed by atoms with E-state index in [2.05, 4.69) is 5.32 Å². The first-order valence-electron chi connectivity index (χ1n) is 17.7. The normalized spacial score (nSPS) is 23.7. The predicted molar refractivity (Wildman–Crippen MR) is 189 cm³/mol. The fourth-order valence-corrected chi connectivity index (χ4v) is 9.20. The van der Waals surface area contributed by atoms with Crippen LogP contribution in [-0.2, 0) is 42.9 Å². The van der Waals surface area contributed by atoms with Crippen molar-refractivity contribution in [2.75, 3.05) is 65.8 Å². The molecular weight excluding hydrogens is 721 g/mol. The zero-order chi connectivity index (χ0) is 38.1. The number of esters is 1. The Kier molecular flexibility index (Phi) is 15.5. The topological polar surface area (TPSA) is 200 Å². The van der Waals surface area contributed by atoms with Crippen LogP contribution in [0.25, 0.3) is 0 Å². The minimum Gasteiger partial charge on any atom is -0.497 e. The number of fused-ring (bicyclic) bond motifs is 1. The van der Waals surface area contributed by atoms with Gasteiger partial charge in [0.2, 0.25) is 10.0 Å². The van der Waals surface area contributed by atoms with E-state index in [4.69, 9.17) is 28.2 Å². The van der Waals surface area contributed by atoms with Gasteiger partial charge in [0.1, 0.15) is 11.9 Å². The molecule has 0 bridgehead atoms. The molecule has 0 aliphatic carbocycles. The van der Waals surface area contributed by atoms with E-state index in [1.54, 1.807) is 19.1 Å². The van der Waals surface area contributed by atoms with Crippen LogP contribution in [0.15, 0.2) is 40.8 Å². The summed E-state index contributed by atoms with van der Waals surface area (Å²) in [5.41, 5.74) is 0.904. The highest BCUT2D eigenvalue weighted by Crippen LogP contribution is 2.43. The maximum atomic E-state index is 13.8. The number of nitrogens with one attached hydrogen (secondary N) is 1. The molecule has 3 N–H and O–H groups in total. The number of hydrogen-bond donors (Lipinski definition) is 3. The summed E-state index contributed by atoms with van der Waals surface area (Å²) in [6.07, 6.45) is -1.05. The number of amides is 1. The van der Waals surface area contributed by atoms with E-state index in [1.807, 2.05) is 24.8 Å². The fraction of sp³-hybridized carbons (Fsp3) is 0.706. The van der Waals surface area contributed by atoms with Crippen molar-refractivity contribution in [3.63, 3.8) is 0 Å². The minimum atomic E-state index is -4.08. The summed E-state index contributed by atoms with van der Waals surface area (Å²) in [7, 11) is -6.63. The molecule has 0 saturated carbocycles. The number of nitrogens with zero attached hydrogens (tertiary/aromatic N) is 2. The predicted octanol–water partition coefficient (Wildman–Crippen LogP) is 2.73. The van der Waals surface area contributed by atoms with Crippen molar-refractivity contribution in [2.24, 2.45) is 11.8 Å². The highest BCUT2D eigenvalue weighted by Gasteiger charge is 2.44. The van der Waals surface area contributed by atoms with Crippen molar-refractivity contribution < 1.29 is 60.8 Å². The lowest BCUT2D eigenvalue weighted by molar-refractivity contribution is -0.150. The van der Waals surface area contributed by atoms with Crippen LogP contribution in [0.2, 0.25) is 0 Å². The van der Waals surface area contributed by atoms with Crippen molar-refractivity contribution >= 4 is 29.7 Å². The molecule has 1 aromatic carbocycles. The quantitative estimate of drug-likeness (QED) is 0.105. The number of aliphatic hydroxyl groups excluding tert-OH is 1. The van der Waals surface area contributed by atoms with Crippen LogP contribution < -0.4 is 10.1 Å². The Balaban J connectivity index is 1.45. The Morgan fingerprint density at radius 1 is 1.15 bits per heavy atom. The number of benzene rings is 1. The van der Waals surface area contributed by atoms with Crippen LogP contribution in [0.1, 0.15) is 47.0 Å². The summed E-state index contributed by atoms with van der Waals surface area (Å²) in [4.78, 5) is 37.4. The molecular formula is C34H54N3O13PS. The molecule has 0 aromatic heterocycles. The molecule has 0 spiro atoms. The number of aliphatic hydroxyl groups is 1. The molecule has 1 unspecified atom stereocenters. The first-order chi connectivity index (χ1) is 24.6. The Bertz CT molecular complexity index is 1530. The van der Waals surface area contributed by atoms with Gasteiger partial charge >= 0.3 is 19.7 Å². The van der Waals surface area contributed by atoms with Crippen molar-refractivity contribution in [2.45, 2.75) is 82.5 Å². The van der Waals surface area contributed by atoms with Gasteiger partial charge in [-0.2, -0.15) is 4.31 Å². The van der Waals surface area contributed by atoms with Crippen LogP contribution in [0.5, 0.6) is 5.75 Å². The first-order valence-corrected chi connectivity index (χ1v) is 20.9. The van der Waals surface area contributed by atoms with Gasteiger partial charge < -0.3 is 39.0 Å². The number of sulfonamides is 1. The summed E-state index contributed by atoms with van der Waals surface area (Å²) in [6.45, 7) is 8.57. The van der Waals surface area contributed by atoms with Crippen LogP contribution >= 0.6 is 7.60 Å². The lowest BCUT2D eigenvalue weighted by atomic mass is 9.96. The number of hydrogen-bond acceptors (Lipinski definition) is 13. The van der Waals surface area contributed by atoms with Gasteiger partial charge in [-0.3, -0.25) is 14.0 Å². The largest absolute Gasteiger partial charge is 0.497 e. The molecule has 2 fully saturated rings. The third-order valence-corrected chi connectivity index (χ3v) is 12.4. The summed E-state index contributed by atoms with van der Waals surface area (Å²) in [5.74, 6) is -0.372. The molecule has 4 rings (SSSR count). The number of ether oxygens (including phenoxy) is 5. The first kappa shape index (κ1) is 42.1. The number of carbonyl (C=O) groups excluding carboxylic acids is 2. The van der Waals surface area contributed by atoms with Gasteiger partial charge in [-0.1, -0.05) is 25.5 Å². The molecule has 3 heterocycles. The third kappa shape index (κ3) is 12.0. The van der Waals surface area contributed by atoms with E-state index in [-0.39, 0.29) is 62.2 Å². The summed E-state index contributed by atoms with van der Waals surface area (Å²) in [6, 6.07) is 5.09. The Hall–Kier alpha value is -2.60. The molecule has 2 saturated heterocycles. The molecule has 7 atom stereocenters. The highest BCUT2D eigenvalue weighted by molar-refractivity contribution is 7.89. The van der Waals surface area contributed by atoms with Gasteiger partial charge in [0.25, 0.3) is 0 Å². The summed E-state index contributed by atoms with van der Waals surface area (Å²) < 4.78 is 73.5. The van der Waals surface area contributed by atoms with Crippen LogP contribution in [0.3, 0.4) is 0 Å². The highest BCUT2D eigenvalue weighted by atomic mass is 32.2. The van der Waals surface area contributed by atoms with Gasteiger partial charge in [0.15, 0.2) is 12.4 Å². The molecule has 18 heteroatoms. The maximum Gasteiger partial charge on any atom is 0.407 e. The molecule has 1 aromatic rings. The van der Waals surface area contributed by atoms with E-state index in [9.17, 15) is 32.6 Å². The number of alkyl carbamates (subject to hydrolysis) is 1. The third-order valence-electron chi connectivity index (χ3n) is 9.18. The summed E-state index contributed by atoms with van der Waals surface area (Å²) >= 11 is 0. The average Bonchev–Trinajstić information content (AvgIpc) is 3.72. The van der Waals surface area contributed by atoms with E-state index < -0.39 is 60.3 Å². The van der Waals surface area contributed by atoms with Gasteiger partial charge in [-0.25, -0.2) is 18.0 Å². The van der Waals surface area contributed by atoms with Crippen LogP contribution in [-0.4, -0.2) is 136 Å². The second-order valence-corrected chi connectivity index (χ2v) is 17.5. The molecule has 3 aliphatic heterocycles. The smallest absolute Gasteiger partial charge is 0.407 e. The number of methoxy groups -OCH3 is 1. The van der Waals surface area contributed by atoms with E-state index >= 15 is 0 Å². The number of rotatable bonds is 19.